The molecule has 5 heteroatoms. The molecule has 6 N–H and O–H groups in total. The average Bonchev–Trinajstić information content (AvgIpc) is 1.98. The Labute approximate surface area is 88.8 Å². The van der Waals surface area contributed by atoms with E-state index >= 15 is 0 Å². The lowest BCUT2D eigenvalue weighted by Gasteiger charge is -2.16. The van der Waals surface area contributed by atoms with Crippen LogP contribution in [0.3, 0.4) is 0 Å². The first kappa shape index (κ1) is 11.3. The fraction of sp³-hybridized carbons (Fsp3) is 0.300. The molecule has 1 atom stereocenters. The Morgan fingerprint density at radius 2 is 1.80 bits per heavy atom. The fourth-order valence-corrected chi connectivity index (χ4v) is 1.43. The summed E-state index contributed by atoms with van der Waals surface area (Å²) < 4.78 is 0. The highest BCUT2D eigenvalue weighted by Gasteiger charge is 2.03. The van der Waals surface area contributed by atoms with Gasteiger partial charge in [0, 0.05) is 5.69 Å². The summed E-state index contributed by atoms with van der Waals surface area (Å²) >= 11 is 0. The first-order valence-electron chi connectivity index (χ1n) is 4.64. The fourth-order valence-electron chi connectivity index (χ4n) is 1.43. The second-order valence-electron chi connectivity index (χ2n) is 3.51. The Morgan fingerprint density at radius 3 is 2.27 bits per heavy atom. The third kappa shape index (κ3) is 3.86. The summed E-state index contributed by atoms with van der Waals surface area (Å²) in [7, 11) is 0. The van der Waals surface area contributed by atoms with Crippen molar-refractivity contribution in [3.8, 4) is 0 Å². The van der Waals surface area contributed by atoms with E-state index in [1.165, 1.54) is 0 Å². The van der Waals surface area contributed by atoms with Gasteiger partial charge in [-0.3, -0.25) is 5.73 Å². The number of hydrogen-bond donors (Lipinski definition) is 4. The highest BCUT2D eigenvalue weighted by atomic mass is 16.2. The predicted molar refractivity (Wildman–Crippen MR) is 60.2 cm³/mol. The average molecular weight is 208 g/mol. The molecule has 0 aliphatic heterocycles. The number of hydrogen-bond acceptors (Lipinski definition) is 3. The van der Waals surface area contributed by atoms with Crippen LogP contribution in [0.15, 0.2) is 18.2 Å². The van der Waals surface area contributed by atoms with E-state index in [2.05, 4.69) is 16.7 Å². The standard InChI is InChI=1S/C10H16N4O/c1-6-3-7(2)5-8(4-6)13-9(11)14-10(12)15/h3-5,9,13H,11H2,1-2H3,(H3,12,14,15). The number of carbonyl (C=O) groups excluding carboxylic acids is 1. The van der Waals surface area contributed by atoms with E-state index in [0.29, 0.717) is 0 Å². The Morgan fingerprint density at radius 1 is 1.27 bits per heavy atom. The smallest absolute Gasteiger partial charge is 0.314 e. The van der Waals surface area contributed by atoms with E-state index < -0.39 is 12.3 Å². The van der Waals surface area contributed by atoms with E-state index in [9.17, 15) is 4.79 Å². The Bertz CT molecular complexity index is 344. The molecule has 1 rings (SSSR count). The molecule has 1 aromatic carbocycles. The minimum absolute atomic E-state index is 0.653. The van der Waals surface area contributed by atoms with Crippen molar-refractivity contribution in [1.82, 2.24) is 5.32 Å². The third-order valence-corrected chi connectivity index (χ3v) is 1.84. The van der Waals surface area contributed by atoms with E-state index in [1.807, 2.05) is 26.0 Å². The van der Waals surface area contributed by atoms with E-state index in [4.69, 9.17) is 11.5 Å². The molecular formula is C10H16N4O. The highest BCUT2D eigenvalue weighted by molar-refractivity contribution is 5.72. The molecule has 0 aromatic heterocycles. The summed E-state index contributed by atoms with van der Waals surface area (Å²) in [4.78, 5) is 10.5. The zero-order valence-corrected chi connectivity index (χ0v) is 8.87. The number of amides is 2. The van der Waals surface area contributed by atoms with Gasteiger partial charge in [-0.2, -0.15) is 0 Å². The van der Waals surface area contributed by atoms with Gasteiger partial charge in [-0.1, -0.05) is 6.07 Å². The van der Waals surface area contributed by atoms with E-state index in [1.54, 1.807) is 0 Å². The maximum absolute atomic E-state index is 10.5. The second-order valence-corrected chi connectivity index (χ2v) is 3.51. The number of anilines is 1. The molecule has 0 saturated carbocycles. The van der Waals surface area contributed by atoms with Crippen molar-refractivity contribution in [1.29, 1.82) is 0 Å². The molecule has 0 heterocycles. The number of primary amides is 1. The summed E-state index contributed by atoms with van der Waals surface area (Å²) in [5, 5.41) is 5.26. The van der Waals surface area contributed by atoms with Gasteiger partial charge >= 0.3 is 6.03 Å². The maximum atomic E-state index is 10.5. The molecule has 0 saturated heterocycles. The van der Waals surface area contributed by atoms with Crippen LogP contribution in [0, 0.1) is 13.8 Å². The molecule has 1 aromatic rings. The topological polar surface area (TPSA) is 93.2 Å². The lowest BCUT2D eigenvalue weighted by Crippen LogP contribution is -2.49. The van der Waals surface area contributed by atoms with Crippen LogP contribution in [0.4, 0.5) is 10.5 Å². The zero-order valence-electron chi connectivity index (χ0n) is 8.87. The van der Waals surface area contributed by atoms with E-state index in [0.717, 1.165) is 16.8 Å². The van der Waals surface area contributed by atoms with Crippen molar-refractivity contribution in [2.45, 2.75) is 20.1 Å². The largest absolute Gasteiger partial charge is 0.353 e. The molecule has 0 spiro atoms. The SMILES string of the molecule is Cc1cc(C)cc(NC(N)NC(N)=O)c1. The van der Waals surface area contributed by atoms with Gasteiger partial charge in [0.25, 0.3) is 0 Å². The van der Waals surface area contributed by atoms with Crippen molar-refractivity contribution < 1.29 is 4.79 Å². The summed E-state index contributed by atoms with van der Waals surface area (Å²) in [6.45, 7) is 3.98. The van der Waals surface area contributed by atoms with Crippen molar-refractivity contribution in [3.63, 3.8) is 0 Å². The lowest BCUT2D eigenvalue weighted by atomic mass is 10.1. The number of urea groups is 1. The van der Waals surface area contributed by atoms with Gasteiger partial charge in [0.2, 0.25) is 0 Å². The van der Waals surface area contributed by atoms with Gasteiger partial charge in [-0.15, -0.1) is 0 Å². The van der Waals surface area contributed by atoms with Gasteiger partial charge in [-0.25, -0.2) is 4.79 Å². The normalized spacial score (nSPS) is 11.9. The molecule has 15 heavy (non-hydrogen) atoms. The number of nitrogens with two attached hydrogens (primary N) is 2. The Balaban J connectivity index is 2.67. The lowest BCUT2D eigenvalue weighted by molar-refractivity contribution is 0.246. The minimum Gasteiger partial charge on any atom is -0.353 e. The molecule has 5 nitrogen and oxygen atoms in total. The van der Waals surface area contributed by atoms with Crippen molar-refractivity contribution in [3.05, 3.63) is 29.3 Å². The zero-order chi connectivity index (χ0) is 11.4. The van der Waals surface area contributed by atoms with Gasteiger partial charge in [0.1, 0.15) is 0 Å². The van der Waals surface area contributed by atoms with Crippen molar-refractivity contribution in [2.75, 3.05) is 5.32 Å². The van der Waals surface area contributed by atoms with Crippen molar-refractivity contribution >= 4 is 11.7 Å². The summed E-state index contributed by atoms with van der Waals surface area (Å²) in [5.41, 5.74) is 13.6. The van der Waals surface area contributed by atoms with E-state index in [-0.39, 0.29) is 0 Å². The predicted octanol–water partition coefficient (Wildman–Crippen LogP) is 0.626. The Hall–Kier alpha value is -1.75. The van der Waals surface area contributed by atoms with Crippen molar-refractivity contribution in [2.24, 2.45) is 11.5 Å². The first-order chi connectivity index (χ1) is 6.97. The van der Waals surface area contributed by atoms with Crippen LogP contribution in [0.5, 0.6) is 0 Å². The first-order valence-corrected chi connectivity index (χ1v) is 4.64. The number of aryl methyl sites for hydroxylation is 2. The van der Waals surface area contributed by atoms with Crippen LogP contribution in [0.1, 0.15) is 11.1 Å². The van der Waals surface area contributed by atoms with Gasteiger partial charge in [-0.05, 0) is 37.1 Å². The maximum Gasteiger partial charge on any atom is 0.314 e. The molecule has 0 bridgehead atoms. The van der Waals surface area contributed by atoms with Crippen LogP contribution in [-0.2, 0) is 0 Å². The molecule has 82 valence electrons. The monoisotopic (exact) mass is 208 g/mol. The summed E-state index contributed by atoms with van der Waals surface area (Å²) in [5.74, 6) is 0. The van der Waals surface area contributed by atoms with Crippen LogP contribution < -0.4 is 22.1 Å². The van der Waals surface area contributed by atoms with Crippen LogP contribution in [-0.4, -0.2) is 12.3 Å². The van der Waals surface area contributed by atoms with Gasteiger partial charge in [0.05, 0.1) is 0 Å². The molecule has 0 radical (unpaired) electrons. The summed E-state index contributed by atoms with van der Waals surface area (Å²) in [6, 6.07) is 5.28. The molecule has 1 unspecified atom stereocenters. The van der Waals surface area contributed by atoms with Crippen LogP contribution in [0.25, 0.3) is 0 Å². The molecule has 2 amide bonds. The number of nitrogens with one attached hydrogen (secondary N) is 2. The summed E-state index contributed by atoms with van der Waals surface area (Å²) in [6.07, 6.45) is -0.677. The molecule has 0 aliphatic carbocycles. The van der Waals surface area contributed by atoms with Crippen LogP contribution >= 0.6 is 0 Å². The van der Waals surface area contributed by atoms with Gasteiger partial charge < -0.3 is 16.4 Å². The van der Waals surface area contributed by atoms with Gasteiger partial charge in [0.15, 0.2) is 6.29 Å². The second kappa shape index (κ2) is 4.65. The highest BCUT2D eigenvalue weighted by Crippen LogP contribution is 2.13. The number of rotatable bonds is 3. The molecular weight excluding hydrogens is 192 g/mol. The number of benzene rings is 1. The van der Waals surface area contributed by atoms with Crippen LogP contribution in [0.2, 0.25) is 0 Å². The Kier molecular flexibility index (Phi) is 3.51. The molecule has 0 fully saturated rings. The number of carbonyl (C=O) groups is 1. The molecule has 0 aliphatic rings. The quantitative estimate of drug-likeness (QED) is 0.549. The third-order valence-electron chi connectivity index (χ3n) is 1.84. The minimum atomic E-state index is -0.677.